The van der Waals surface area contributed by atoms with Crippen molar-refractivity contribution in [2.45, 2.75) is 187 Å². The molecule has 268 valence electrons. The molecule has 3 aliphatic rings. The number of rotatable bonds is 9. The van der Waals surface area contributed by atoms with Gasteiger partial charge in [-0.15, -0.1) is 6.42 Å². The topological polar surface area (TPSA) is 47.9 Å². The molecule has 0 bridgehead atoms. The Morgan fingerprint density at radius 3 is 1.65 bits per heavy atom. The molecule has 7 heteroatoms. The van der Waals surface area contributed by atoms with Gasteiger partial charge in [0.1, 0.15) is 5.60 Å². The highest BCUT2D eigenvalue weighted by Gasteiger charge is 2.64. The van der Waals surface area contributed by atoms with Gasteiger partial charge < -0.3 is 18.4 Å². The second-order valence-electron chi connectivity index (χ2n) is 21.0. The number of terminal acetylenes is 1. The largest absolute Gasteiger partial charge is 0.417 e. The minimum absolute atomic E-state index is 0.106. The molecule has 0 aromatic rings. The van der Waals surface area contributed by atoms with E-state index in [2.05, 4.69) is 121 Å². The molecular weight excluding hydrogens is 617 g/mol. The zero-order valence-electron chi connectivity index (χ0n) is 33.5. The first-order chi connectivity index (χ1) is 20.5. The Balaban J connectivity index is 2.05. The number of hydrogen-bond acceptors (Lipinski definition) is 4. The van der Waals surface area contributed by atoms with Crippen LogP contribution in [0.3, 0.4) is 0 Å². The Labute approximate surface area is 289 Å². The van der Waals surface area contributed by atoms with E-state index in [0.717, 1.165) is 51.7 Å². The summed E-state index contributed by atoms with van der Waals surface area (Å²) in [6.07, 6.45) is 13.5. The summed E-state index contributed by atoms with van der Waals surface area (Å²) < 4.78 is 21.4. The highest BCUT2D eigenvalue weighted by atomic mass is 28.4. The van der Waals surface area contributed by atoms with Crippen molar-refractivity contribution in [3.8, 4) is 12.3 Å². The SMILES string of the molecule is C#C[C@]1(O)CCC2[C@H](CO[Si](C)(C)C(C)(C)C)C([C@@]3(C)CCC(O[Si](C)(C)C(C)(C)C)C[C@@H]3CO[Si](C)(C)C(C)(C)C)CC[C@@]21C. The van der Waals surface area contributed by atoms with E-state index >= 15 is 0 Å². The Hall–Kier alpha value is 0.0506. The van der Waals surface area contributed by atoms with Crippen LogP contribution in [0.1, 0.15) is 121 Å². The highest BCUT2D eigenvalue weighted by molar-refractivity contribution is 6.74. The summed E-state index contributed by atoms with van der Waals surface area (Å²) in [6.45, 7) is 42.0. The first-order valence-corrected chi connectivity index (χ1v) is 27.4. The molecule has 0 aromatic heterocycles. The van der Waals surface area contributed by atoms with Crippen LogP contribution in [-0.2, 0) is 13.3 Å². The molecule has 8 atom stereocenters. The zero-order valence-corrected chi connectivity index (χ0v) is 36.5. The zero-order chi connectivity index (χ0) is 35.6. The summed E-state index contributed by atoms with van der Waals surface area (Å²) in [6, 6.07) is 0. The summed E-state index contributed by atoms with van der Waals surface area (Å²) in [5, 5.41) is 12.3. The molecule has 0 radical (unpaired) electrons. The third-order valence-corrected chi connectivity index (χ3v) is 28.9. The molecule has 46 heavy (non-hydrogen) atoms. The molecular formula is C39H76O4Si3. The van der Waals surface area contributed by atoms with E-state index < -0.39 is 30.6 Å². The Bertz CT molecular complexity index is 1110. The second kappa shape index (κ2) is 13.0. The van der Waals surface area contributed by atoms with E-state index in [4.69, 9.17) is 19.7 Å². The lowest BCUT2D eigenvalue weighted by Gasteiger charge is -2.59. The quantitative estimate of drug-likeness (QED) is 0.193. The molecule has 1 N–H and O–H groups in total. The van der Waals surface area contributed by atoms with E-state index in [1.165, 1.54) is 0 Å². The van der Waals surface area contributed by atoms with Crippen LogP contribution in [0.5, 0.6) is 0 Å². The van der Waals surface area contributed by atoms with Gasteiger partial charge in [0.15, 0.2) is 25.0 Å². The van der Waals surface area contributed by atoms with Gasteiger partial charge in [0.25, 0.3) is 0 Å². The Morgan fingerprint density at radius 1 is 0.696 bits per heavy atom. The van der Waals surface area contributed by atoms with Gasteiger partial charge >= 0.3 is 0 Å². The maximum atomic E-state index is 11.8. The number of fused-ring (bicyclic) bond motifs is 1. The van der Waals surface area contributed by atoms with E-state index in [0.29, 0.717) is 30.1 Å². The van der Waals surface area contributed by atoms with Gasteiger partial charge in [-0.3, -0.25) is 0 Å². The van der Waals surface area contributed by atoms with Crippen molar-refractivity contribution in [2.75, 3.05) is 13.2 Å². The van der Waals surface area contributed by atoms with Crippen LogP contribution in [-0.4, -0.2) is 55.0 Å². The summed E-state index contributed by atoms with van der Waals surface area (Å²) in [5.74, 6) is 4.54. The van der Waals surface area contributed by atoms with E-state index in [9.17, 15) is 5.11 Å². The maximum absolute atomic E-state index is 11.8. The third kappa shape index (κ3) is 7.54. The Morgan fingerprint density at radius 2 is 1.17 bits per heavy atom. The van der Waals surface area contributed by atoms with Gasteiger partial charge in [-0.25, -0.2) is 0 Å². The molecule has 3 aliphatic carbocycles. The van der Waals surface area contributed by atoms with Crippen molar-refractivity contribution in [2.24, 2.45) is 34.5 Å². The van der Waals surface area contributed by atoms with Crippen LogP contribution in [0.2, 0.25) is 54.4 Å². The predicted molar refractivity (Wildman–Crippen MR) is 205 cm³/mol. The summed E-state index contributed by atoms with van der Waals surface area (Å²) in [4.78, 5) is 0. The van der Waals surface area contributed by atoms with Crippen molar-refractivity contribution < 1.29 is 18.4 Å². The molecule has 4 nitrogen and oxygen atoms in total. The van der Waals surface area contributed by atoms with Gasteiger partial charge in [0, 0.05) is 24.7 Å². The molecule has 3 fully saturated rings. The summed E-state index contributed by atoms with van der Waals surface area (Å²) in [5.41, 5.74) is -1.20. The molecule has 0 aliphatic heterocycles. The standard InChI is InChI=1S/C39H76O4Si3/c1-19-39(40)25-22-33-31(28-42-45(15,16)35(5,6)7)32(21-24-38(33,39)12)37(11)23-20-30(43-46(17,18)36(8,9)10)26-29(37)27-41-44(13,14)34(2,3)4/h1,29-33,40H,20-28H2,2-18H3/t29-,30?,31-,32?,33?,37+,38+,39+/m1/s1. The minimum Gasteiger partial charge on any atom is -0.417 e. The fourth-order valence-electron chi connectivity index (χ4n) is 8.47. The fourth-order valence-corrected chi connectivity index (χ4v) is 12.0. The molecule has 3 rings (SSSR count). The van der Waals surface area contributed by atoms with Crippen LogP contribution < -0.4 is 0 Å². The van der Waals surface area contributed by atoms with Crippen molar-refractivity contribution in [3.05, 3.63) is 0 Å². The first-order valence-electron chi connectivity index (χ1n) is 18.6. The molecule has 0 amide bonds. The van der Waals surface area contributed by atoms with Crippen molar-refractivity contribution in [3.63, 3.8) is 0 Å². The first kappa shape index (κ1) is 40.5. The van der Waals surface area contributed by atoms with Gasteiger partial charge in [-0.05, 0) is 128 Å². The molecule has 0 heterocycles. The Kier molecular flexibility index (Phi) is 11.4. The lowest BCUT2D eigenvalue weighted by Crippen LogP contribution is -2.57. The average Bonchev–Trinajstić information content (AvgIpc) is 3.16. The smallest absolute Gasteiger partial charge is 0.192 e. The van der Waals surface area contributed by atoms with Crippen LogP contribution in [0.4, 0.5) is 0 Å². The molecule has 0 spiro atoms. The monoisotopic (exact) mass is 693 g/mol. The van der Waals surface area contributed by atoms with Gasteiger partial charge in [-0.1, -0.05) is 82.1 Å². The van der Waals surface area contributed by atoms with Gasteiger partial charge in [-0.2, -0.15) is 0 Å². The maximum Gasteiger partial charge on any atom is 0.192 e. The summed E-state index contributed by atoms with van der Waals surface area (Å²) in [7, 11) is -5.82. The number of hydrogen-bond donors (Lipinski definition) is 1. The molecule has 0 saturated heterocycles. The lowest BCUT2D eigenvalue weighted by molar-refractivity contribution is -0.132. The van der Waals surface area contributed by atoms with E-state index in [-0.39, 0.29) is 32.0 Å². The van der Waals surface area contributed by atoms with Gasteiger partial charge in [0.05, 0.1) is 0 Å². The van der Waals surface area contributed by atoms with E-state index in [1.807, 2.05) is 0 Å². The minimum atomic E-state index is -1.98. The predicted octanol–water partition coefficient (Wildman–Crippen LogP) is 11.0. The van der Waals surface area contributed by atoms with Crippen LogP contribution >= 0.6 is 0 Å². The molecule has 0 aromatic carbocycles. The van der Waals surface area contributed by atoms with Crippen molar-refractivity contribution in [1.82, 2.24) is 0 Å². The normalized spacial score (nSPS) is 36.8. The van der Waals surface area contributed by atoms with Gasteiger partial charge in [0.2, 0.25) is 0 Å². The second-order valence-corrected chi connectivity index (χ2v) is 35.4. The molecule has 3 saturated carbocycles. The highest BCUT2D eigenvalue weighted by Crippen LogP contribution is 2.65. The number of aliphatic hydroxyl groups is 1. The molecule has 3 unspecified atom stereocenters. The van der Waals surface area contributed by atoms with E-state index in [1.54, 1.807) is 0 Å². The van der Waals surface area contributed by atoms with Crippen LogP contribution in [0.15, 0.2) is 0 Å². The summed E-state index contributed by atoms with van der Waals surface area (Å²) >= 11 is 0. The third-order valence-electron chi connectivity index (χ3n) is 15.3. The van der Waals surface area contributed by atoms with Crippen LogP contribution in [0, 0.1) is 46.8 Å². The van der Waals surface area contributed by atoms with Crippen LogP contribution in [0.25, 0.3) is 0 Å². The lowest BCUT2D eigenvalue weighted by atomic mass is 9.48. The van der Waals surface area contributed by atoms with Crippen molar-refractivity contribution >= 4 is 25.0 Å². The average molecular weight is 693 g/mol. The fraction of sp³-hybridized carbons (Fsp3) is 0.949. The van der Waals surface area contributed by atoms with Crippen molar-refractivity contribution in [1.29, 1.82) is 0 Å².